The molecule has 2 N–H and O–H groups in total. The van der Waals surface area contributed by atoms with Gasteiger partial charge in [-0.15, -0.1) is 0 Å². The number of hydrogen-bond donors (Lipinski definition) is 1. The topological polar surface area (TPSA) is 55.6 Å². The Balaban J connectivity index is 2.54. The first kappa shape index (κ1) is 18.4. The van der Waals surface area contributed by atoms with Gasteiger partial charge in [0.05, 0.1) is 5.60 Å². The van der Waals surface area contributed by atoms with Crippen molar-refractivity contribution in [3.05, 3.63) is 0 Å². The van der Waals surface area contributed by atoms with Crippen LogP contribution in [0.4, 0.5) is 0 Å². The smallest absolute Gasteiger partial charge is 0.248 e. The zero-order chi connectivity index (χ0) is 16.3. The molecule has 0 spiro atoms. The molecule has 1 aliphatic rings. The van der Waals surface area contributed by atoms with E-state index >= 15 is 0 Å². The Morgan fingerprint density at radius 1 is 1.33 bits per heavy atom. The third-order valence-electron chi connectivity index (χ3n) is 5.16. The summed E-state index contributed by atoms with van der Waals surface area (Å²) in [6.07, 6.45) is 4.19. The Kier molecular flexibility index (Phi) is 6.23. The van der Waals surface area contributed by atoms with Crippen LogP contribution in [0.15, 0.2) is 0 Å². The third kappa shape index (κ3) is 4.96. The second-order valence-electron chi connectivity index (χ2n) is 7.91. The Morgan fingerprint density at radius 3 is 2.24 bits per heavy atom. The number of carbonyl (C=O) groups is 1. The average Bonchev–Trinajstić information content (AvgIpc) is 2.43. The number of nitrogens with two attached hydrogens (primary N) is 1. The molecule has 0 radical (unpaired) electrons. The Labute approximate surface area is 130 Å². The van der Waals surface area contributed by atoms with E-state index in [2.05, 4.69) is 20.8 Å². The minimum atomic E-state index is -0.296. The zero-order valence-electron chi connectivity index (χ0n) is 14.7. The molecule has 0 atom stereocenters. The van der Waals surface area contributed by atoms with E-state index in [1.807, 2.05) is 20.9 Å². The molecule has 124 valence electrons. The number of amides is 1. The van der Waals surface area contributed by atoms with Crippen LogP contribution >= 0.6 is 0 Å². The van der Waals surface area contributed by atoms with Crippen molar-refractivity contribution in [1.29, 1.82) is 0 Å². The lowest BCUT2D eigenvalue weighted by atomic mass is 9.68. The molecule has 0 aromatic rings. The van der Waals surface area contributed by atoms with E-state index in [1.54, 1.807) is 4.90 Å². The van der Waals surface area contributed by atoms with Crippen LogP contribution in [0.5, 0.6) is 0 Å². The zero-order valence-corrected chi connectivity index (χ0v) is 14.7. The minimum absolute atomic E-state index is 0.0377. The summed E-state index contributed by atoms with van der Waals surface area (Å²) in [6, 6.07) is 0.201. The highest BCUT2D eigenvalue weighted by Crippen LogP contribution is 2.42. The molecule has 0 saturated heterocycles. The molecule has 1 amide bonds. The molecule has 1 aliphatic carbocycles. The second kappa shape index (κ2) is 7.10. The molecule has 0 bridgehead atoms. The monoisotopic (exact) mass is 298 g/mol. The molecule has 0 aromatic heterocycles. The van der Waals surface area contributed by atoms with Crippen molar-refractivity contribution >= 4 is 5.91 Å². The Hall–Kier alpha value is -0.610. The van der Waals surface area contributed by atoms with Crippen molar-refractivity contribution in [3.63, 3.8) is 0 Å². The van der Waals surface area contributed by atoms with Crippen LogP contribution < -0.4 is 5.73 Å². The molecule has 0 aromatic carbocycles. The van der Waals surface area contributed by atoms with Crippen LogP contribution in [-0.2, 0) is 9.53 Å². The number of carbonyl (C=O) groups excluding carboxylic acids is 1. The van der Waals surface area contributed by atoms with Gasteiger partial charge < -0.3 is 15.4 Å². The van der Waals surface area contributed by atoms with Gasteiger partial charge >= 0.3 is 0 Å². The fourth-order valence-electron chi connectivity index (χ4n) is 3.02. The van der Waals surface area contributed by atoms with Crippen LogP contribution in [0.2, 0.25) is 0 Å². The van der Waals surface area contributed by atoms with Crippen LogP contribution in [0, 0.1) is 11.3 Å². The summed E-state index contributed by atoms with van der Waals surface area (Å²) < 4.78 is 6.00. The first-order valence-corrected chi connectivity index (χ1v) is 8.21. The highest BCUT2D eigenvalue weighted by atomic mass is 16.5. The predicted octanol–water partition coefficient (Wildman–Crippen LogP) is 2.80. The number of ether oxygens (including phenoxy) is 1. The van der Waals surface area contributed by atoms with Gasteiger partial charge in [-0.25, -0.2) is 0 Å². The molecule has 0 unspecified atom stereocenters. The molecule has 1 fully saturated rings. The summed E-state index contributed by atoms with van der Waals surface area (Å²) in [5.41, 5.74) is 6.01. The van der Waals surface area contributed by atoms with Crippen molar-refractivity contribution in [2.45, 2.75) is 71.9 Å². The van der Waals surface area contributed by atoms with Crippen LogP contribution in [0.3, 0.4) is 0 Å². The summed E-state index contributed by atoms with van der Waals surface area (Å²) in [6.45, 7) is 11.6. The van der Waals surface area contributed by atoms with Crippen molar-refractivity contribution in [2.75, 3.05) is 20.2 Å². The molecular weight excluding hydrogens is 264 g/mol. The summed E-state index contributed by atoms with van der Waals surface area (Å²) in [5.74, 6) is 0.755. The highest BCUT2D eigenvalue weighted by molar-refractivity contribution is 5.77. The SMILES string of the molecule is CC(C)N(C)C(=O)COC1(CN)CCC(C(C)(C)C)CC1. The number of nitrogens with zero attached hydrogens (tertiary/aromatic N) is 1. The average molecular weight is 298 g/mol. The highest BCUT2D eigenvalue weighted by Gasteiger charge is 2.39. The van der Waals surface area contributed by atoms with E-state index in [4.69, 9.17) is 10.5 Å². The van der Waals surface area contributed by atoms with Gasteiger partial charge in [0.1, 0.15) is 6.61 Å². The molecule has 4 heteroatoms. The van der Waals surface area contributed by atoms with E-state index in [-0.39, 0.29) is 24.2 Å². The van der Waals surface area contributed by atoms with E-state index in [9.17, 15) is 4.79 Å². The summed E-state index contributed by atoms with van der Waals surface area (Å²) in [4.78, 5) is 13.8. The van der Waals surface area contributed by atoms with Gasteiger partial charge in [0.2, 0.25) is 5.91 Å². The molecule has 0 heterocycles. The third-order valence-corrected chi connectivity index (χ3v) is 5.16. The maximum atomic E-state index is 12.1. The number of rotatable bonds is 5. The van der Waals surface area contributed by atoms with Crippen molar-refractivity contribution in [3.8, 4) is 0 Å². The molecule has 1 rings (SSSR count). The minimum Gasteiger partial charge on any atom is -0.364 e. The lowest BCUT2D eigenvalue weighted by Gasteiger charge is -2.43. The number of likely N-dealkylation sites (N-methyl/N-ethyl adjacent to an activating group) is 1. The quantitative estimate of drug-likeness (QED) is 0.849. The largest absolute Gasteiger partial charge is 0.364 e. The van der Waals surface area contributed by atoms with E-state index < -0.39 is 0 Å². The Bertz CT molecular complexity index is 339. The first-order valence-electron chi connectivity index (χ1n) is 8.21. The summed E-state index contributed by atoms with van der Waals surface area (Å²) in [7, 11) is 1.82. The Morgan fingerprint density at radius 2 is 1.86 bits per heavy atom. The van der Waals surface area contributed by atoms with Gasteiger partial charge in [-0.2, -0.15) is 0 Å². The maximum absolute atomic E-state index is 12.1. The molecule has 4 nitrogen and oxygen atoms in total. The van der Waals surface area contributed by atoms with E-state index in [1.165, 1.54) is 0 Å². The van der Waals surface area contributed by atoms with Crippen molar-refractivity contribution < 1.29 is 9.53 Å². The molecular formula is C17H34N2O2. The fourth-order valence-corrected chi connectivity index (χ4v) is 3.02. The van der Waals surface area contributed by atoms with E-state index in [0.717, 1.165) is 31.6 Å². The lowest BCUT2D eigenvalue weighted by Crippen LogP contribution is -2.48. The fraction of sp³-hybridized carbons (Fsp3) is 0.941. The predicted molar refractivity (Wildman–Crippen MR) is 87.1 cm³/mol. The van der Waals surface area contributed by atoms with Crippen molar-refractivity contribution in [2.24, 2.45) is 17.1 Å². The molecule has 1 saturated carbocycles. The summed E-state index contributed by atoms with van der Waals surface area (Å²) >= 11 is 0. The second-order valence-corrected chi connectivity index (χ2v) is 7.91. The normalized spacial score (nSPS) is 27.0. The standard InChI is InChI=1S/C17H34N2O2/c1-13(2)19(6)15(20)11-21-17(12-18)9-7-14(8-10-17)16(3,4)5/h13-14H,7-12,18H2,1-6H3. The first-order chi connectivity index (χ1) is 9.61. The summed E-state index contributed by atoms with van der Waals surface area (Å²) in [5, 5.41) is 0. The van der Waals surface area contributed by atoms with Gasteiger partial charge in [0.25, 0.3) is 0 Å². The van der Waals surface area contributed by atoms with Crippen LogP contribution in [0.1, 0.15) is 60.3 Å². The number of hydrogen-bond acceptors (Lipinski definition) is 3. The van der Waals surface area contributed by atoms with Gasteiger partial charge in [0, 0.05) is 19.6 Å². The van der Waals surface area contributed by atoms with Gasteiger partial charge in [-0.1, -0.05) is 20.8 Å². The van der Waals surface area contributed by atoms with Gasteiger partial charge in [-0.3, -0.25) is 4.79 Å². The van der Waals surface area contributed by atoms with E-state index in [0.29, 0.717) is 12.0 Å². The van der Waals surface area contributed by atoms with Gasteiger partial charge in [0.15, 0.2) is 0 Å². The molecule has 21 heavy (non-hydrogen) atoms. The van der Waals surface area contributed by atoms with Crippen molar-refractivity contribution in [1.82, 2.24) is 4.90 Å². The molecule has 0 aliphatic heterocycles. The maximum Gasteiger partial charge on any atom is 0.248 e. The van der Waals surface area contributed by atoms with Crippen LogP contribution in [-0.4, -0.2) is 42.6 Å². The lowest BCUT2D eigenvalue weighted by molar-refractivity contribution is -0.147. The van der Waals surface area contributed by atoms with Gasteiger partial charge in [-0.05, 0) is 50.9 Å². The van der Waals surface area contributed by atoms with Crippen LogP contribution in [0.25, 0.3) is 0 Å².